The number of rotatable bonds is 2. The lowest BCUT2D eigenvalue weighted by Crippen LogP contribution is -2.31. The van der Waals surface area contributed by atoms with Gasteiger partial charge in [0.05, 0.1) is 19.8 Å². The van der Waals surface area contributed by atoms with Crippen molar-refractivity contribution in [3.05, 3.63) is 11.6 Å². The molecule has 0 aliphatic heterocycles. The van der Waals surface area contributed by atoms with Gasteiger partial charge in [0.15, 0.2) is 5.78 Å². The Bertz CT molecular complexity index is 356. The van der Waals surface area contributed by atoms with E-state index in [1.165, 1.54) is 14.2 Å². The van der Waals surface area contributed by atoms with Gasteiger partial charge in [-0.2, -0.15) is 0 Å². The molecule has 1 rings (SSSR count). The summed E-state index contributed by atoms with van der Waals surface area (Å²) in [6, 6.07) is 0. The van der Waals surface area contributed by atoms with E-state index in [9.17, 15) is 14.4 Å². The van der Waals surface area contributed by atoms with Crippen LogP contribution in [-0.2, 0) is 23.9 Å². The van der Waals surface area contributed by atoms with Gasteiger partial charge in [-0.15, -0.1) is 0 Å². The summed E-state index contributed by atoms with van der Waals surface area (Å²) in [5.41, 5.74) is 0.101. The van der Waals surface area contributed by atoms with E-state index in [1.54, 1.807) is 6.08 Å². The second-order valence-electron chi connectivity index (χ2n) is 3.82. The van der Waals surface area contributed by atoms with E-state index in [-0.39, 0.29) is 17.8 Å². The Labute approximate surface area is 99.8 Å². The van der Waals surface area contributed by atoms with E-state index in [2.05, 4.69) is 9.47 Å². The van der Waals surface area contributed by atoms with Crippen LogP contribution in [0.25, 0.3) is 0 Å². The summed E-state index contributed by atoms with van der Waals surface area (Å²) in [5, 5.41) is 0. The fourth-order valence-electron chi connectivity index (χ4n) is 1.83. The van der Waals surface area contributed by atoms with E-state index in [1.807, 2.05) is 0 Å². The second-order valence-corrected chi connectivity index (χ2v) is 3.82. The molecule has 0 spiro atoms. The zero-order valence-electron chi connectivity index (χ0n) is 10.0. The van der Waals surface area contributed by atoms with Crippen LogP contribution in [0.5, 0.6) is 0 Å². The van der Waals surface area contributed by atoms with Gasteiger partial charge in [-0.1, -0.05) is 6.08 Å². The number of esters is 2. The van der Waals surface area contributed by atoms with Crippen molar-refractivity contribution in [2.24, 2.45) is 5.92 Å². The molecule has 0 radical (unpaired) electrons. The van der Waals surface area contributed by atoms with Gasteiger partial charge in [0.1, 0.15) is 5.92 Å². The third kappa shape index (κ3) is 3.15. The molecular formula is C12H16O5. The highest BCUT2D eigenvalue weighted by molar-refractivity contribution is 6.09. The molecule has 0 unspecified atom stereocenters. The first-order chi connectivity index (χ1) is 8.11. The van der Waals surface area contributed by atoms with Crippen LogP contribution in [0.3, 0.4) is 0 Å². The number of carbonyl (C=O) groups is 3. The summed E-state index contributed by atoms with van der Waals surface area (Å²) in [7, 11) is 2.42. The third-order valence-corrected chi connectivity index (χ3v) is 2.73. The van der Waals surface area contributed by atoms with Gasteiger partial charge in [-0.05, 0) is 19.3 Å². The van der Waals surface area contributed by atoms with E-state index in [4.69, 9.17) is 0 Å². The van der Waals surface area contributed by atoms with Crippen molar-refractivity contribution in [3.63, 3.8) is 0 Å². The van der Waals surface area contributed by atoms with E-state index >= 15 is 0 Å². The minimum atomic E-state index is -1.13. The average molecular weight is 240 g/mol. The molecule has 0 saturated carbocycles. The lowest BCUT2D eigenvalue weighted by Gasteiger charge is -2.17. The average Bonchev–Trinajstić information content (AvgIpc) is 2.32. The van der Waals surface area contributed by atoms with Crippen molar-refractivity contribution in [2.45, 2.75) is 25.7 Å². The Morgan fingerprint density at radius 1 is 1.24 bits per heavy atom. The number of ether oxygens (including phenoxy) is 2. The number of methoxy groups -OCH3 is 2. The normalized spacial score (nSPS) is 20.9. The molecule has 5 heteroatoms. The summed E-state index contributed by atoms with van der Waals surface area (Å²) in [4.78, 5) is 35.0. The summed E-state index contributed by atoms with van der Waals surface area (Å²) < 4.78 is 9.17. The lowest BCUT2D eigenvalue weighted by molar-refractivity contribution is -0.151. The fraction of sp³-hybridized carbons (Fsp3) is 0.583. The van der Waals surface area contributed by atoms with Crippen molar-refractivity contribution < 1.29 is 23.9 Å². The topological polar surface area (TPSA) is 69.7 Å². The molecule has 0 amide bonds. The minimum absolute atomic E-state index is 0.101. The van der Waals surface area contributed by atoms with Crippen LogP contribution >= 0.6 is 0 Å². The molecule has 94 valence electrons. The van der Waals surface area contributed by atoms with E-state index in [0.717, 1.165) is 12.8 Å². The van der Waals surface area contributed by atoms with Crippen LogP contribution in [0, 0.1) is 5.92 Å². The van der Waals surface area contributed by atoms with Crippen molar-refractivity contribution >= 4 is 17.7 Å². The maximum Gasteiger partial charge on any atom is 0.334 e. The highest BCUT2D eigenvalue weighted by Gasteiger charge is 2.35. The Balaban J connectivity index is 3.09. The smallest absolute Gasteiger partial charge is 0.334 e. The van der Waals surface area contributed by atoms with Gasteiger partial charge in [0.2, 0.25) is 0 Å². The molecule has 5 nitrogen and oxygen atoms in total. The first-order valence-electron chi connectivity index (χ1n) is 5.50. The molecule has 0 aromatic heterocycles. The molecule has 1 atom stereocenters. The van der Waals surface area contributed by atoms with Crippen molar-refractivity contribution in [1.29, 1.82) is 0 Å². The Morgan fingerprint density at radius 2 is 1.94 bits per heavy atom. The van der Waals surface area contributed by atoms with Gasteiger partial charge in [0.25, 0.3) is 0 Å². The van der Waals surface area contributed by atoms with Gasteiger partial charge in [-0.3, -0.25) is 9.59 Å². The molecule has 0 N–H and O–H groups in total. The van der Waals surface area contributed by atoms with Crippen LogP contribution in [-0.4, -0.2) is 31.9 Å². The third-order valence-electron chi connectivity index (χ3n) is 2.73. The molecule has 1 aliphatic carbocycles. The van der Waals surface area contributed by atoms with Crippen LogP contribution in [0.15, 0.2) is 11.6 Å². The van der Waals surface area contributed by atoms with Crippen LogP contribution in [0.2, 0.25) is 0 Å². The Morgan fingerprint density at radius 3 is 2.53 bits per heavy atom. The number of ketones is 1. The second kappa shape index (κ2) is 6.18. The lowest BCUT2D eigenvalue weighted by atomic mass is 9.88. The molecule has 0 bridgehead atoms. The summed E-state index contributed by atoms with van der Waals surface area (Å²) in [6.45, 7) is 0. The number of Topliss-reactive ketones (excluding diaryl/α,β-unsaturated/α-hetero) is 1. The van der Waals surface area contributed by atoms with Gasteiger partial charge < -0.3 is 9.47 Å². The molecule has 17 heavy (non-hydrogen) atoms. The molecule has 0 heterocycles. The first-order valence-corrected chi connectivity index (χ1v) is 5.50. The SMILES string of the molecule is COC(=O)C1=CCCCCC(=O)[C@@H]1C(=O)OC. The molecule has 0 aromatic rings. The molecular weight excluding hydrogens is 224 g/mol. The van der Waals surface area contributed by atoms with Crippen molar-refractivity contribution in [2.75, 3.05) is 14.2 Å². The number of allylic oxidation sites excluding steroid dienone is 1. The monoisotopic (exact) mass is 240 g/mol. The highest BCUT2D eigenvalue weighted by Crippen LogP contribution is 2.23. The van der Waals surface area contributed by atoms with Crippen LogP contribution < -0.4 is 0 Å². The standard InChI is InChI=1S/C12H16O5/c1-16-11(14)8-6-4-3-5-7-9(13)10(8)12(15)17-2/h6,10H,3-5,7H2,1-2H3/t10-/m1/s1. The summed E-state index contributed by atoms with van der Waals surface area (Å²) in [6.07, 6.45) is 4.08. The number of carbonyl (C=O) groups excluding carboxylic acids is 3. The fourth-order valence-corrected chi connectivity index (χ4v) is 1.83. The largest absolute Gasteiger partial charge is 0.468 e. The van der Waals surface area contributed by atoms with Gasteiger partial charge in [0, 0.05) is 6.42 Å². The molecule has 1 aliphatic rings. The van der Waals surface area contributed by atoms with Crippen molar-refractivity contribution in [3.8, 4) is 0 Å². The van der Waals surface area contributed by atoms with Gasteiger partial charge >= 0.3 is 11.9 Å². The maximum absolute atomic E-state index is 11.8. The minimum Gasteiger partial charge on any atom is -0.468 e. The van der Waals surface area contributed by atoms with Crippen LogP contribution in [0.1, 0.15) is 25.7 Å². The van der Waals surface area contributed by atoms with E-state index in [0.29, 0.717) is 6.42 Å². The number of hydrogen-bond donors (Lipinski definition) is 0. The zero-order valence-corrected chi connectivity index (χ0v) is 10.0. The Hall–Kier alpha value is -1.65. The predicted molar refractivity (Wildman–Crippen MR) is 59.1 cm³/mol. The first kappa shape index (κ1) is 13.4. The molecule has 0 fully saturated rings. The predicted octanol–water partition coefficient (Wildman–Crippen LogP) is 1.02. The highest BCUT2D eigenvalue weighted by atomic mass is 16.5. The Kier molecular flexibility index (Phi) is 4.87. The van der Waals surface area contributed by atoms with Crippen molar-refractivity contribution in [1.82, 2.24) is 0 Å². The quantitative estimate of drug-likeness (QED) is 0.532. The maximum atomic E-state index is 11.8. The number of hydrogen-bond acceptors (Lipinski definition) is 5. The van der Waals surface area contributed by atoms with Crippen LogP contribution in [0.4, 0.5) is 0 Å². The summed E-state index contributed by atoms with van der Waals surface area (Å²) >= 11 is 0. The van der Waals surface area contributed by atoms with E-state index < -0.39 is 17.9 Å². The molecule has 0 aromatic carbocycles. The molecule has 0 saturated heterocycles. The van der Waals surface area contributed by atoms with Gasteiger partial charge in [-0.25, -0.2) is 4.79 Å². The summed E-state index contributed by atoms with van der Waals surface area (Å²) in [5.74, 6) is -2.76. The zero-order chi connectivity index (χ0) is 12.8.